The highest BCUT2D eigenvalue weighted by molar-refractivity contribution is 6.34. The van der Waals surface area contributed by atoms with E-state index in [1.165, 1.54) is 6.07 Å². The zero-order valence-electron chi connectivity index (χ0n) is 12.6. The molecule has 120 valence electrons. The van der Waals surface area contributed by atoms with Crippen molar-refractivity contribution in [2.75, 3.05) is 20.3 Å². The fourth-order valence-electron chi connectivity index (χ4n) is 3.52. The molecule has 22 heavy (non-hydrogen) atoms. The molecule has 4 atom stereocenters. The summed E-state index contributed by atoms with van der Waals surface area (Å²) in [5, 5.41) is 3.09. The molecule has 1 saturated carbocycles. The summed E-state index contributed by atoms with van der Waals surface area (Å²) in [6.45, 7) is 2.95. The Morgan fingerprint density at radius 2 is 2.32 bits per heavy atom. The lowest BCUT2D eigenvalue weighted by atomic mass is 9.67. The molecule has 1 aliphatic carbocycles. The molecule has 3 rings (SSSR count). The van der Waals surface area contributed by atoms with Gasteiger partial charge in [-0.1, -0.05) is 17.7 Å². The molecule has 1 aromatic rings. The summed E-state index contributed by atoms with van der Waals surface area (Å²) in [7, 11) is 1.62. The van der Waals surface area contributed by atoms with Gasteiger partial charge in [-0.15, -0.1) is 0 Å². The van der Waals surface area contributed by atoms with Gasteiger partial charge in [-0.05, 0) is 25.0 Å². The average Bonchev–Trinajstić information content (AvgIpc) is 2.91. The molecule has 2 fully saturated rings. The maximum Gasteiger partial charge on any atom is 0.256 e. The number of hydrogen-bond donors (Lipinski definition) is 1. The van der Waals surface area contributed by atoms with Gasteiger partial charge in [0.2, 0.25) is 0 Å². The minimum atomic E-state index is -0.602. The molecule has 1 aliphatic heterocycles. The first-order chi connectivity index (χ1) is 10.5. The van der Waals surface area contributed by atoms with Crippen molar-refractivity contribution in [1.82, 2.24) is 5.32 Å². The van der Waals surface area contributed by atoms with Crippen LogP contribution in [0.25, 0.3) is 0 Å². The lowest BCUT2D eigenvalue weighted by Gasteiger charge is -2.47. The Morgan fingerprint density at radius 3 is 3.05 bits per heavy atom. The van der Waals surface area contributed by atoms with Gasteiger partial charge in [0.25, 0.3) is 5.91 Å². The van der Waals surface area contributed by atoms with E-state index in [-0.39, 0.29) is 34.6 Å². The minimum Gasteiger partial charge on any atom is -0.384 e. The van der Waals surface area contributed by atoms with Crippen molar-refractivity contribution in [3.63, 3.8) is 0 Å². The summed E-state index contributed by atoms with van der Waals surface area (Å²) in [6, 6.07) is 2.77. The second-order valence-electron chi connectivity index (χ2n) is 5.96. The number of hydrogen-bond acceptors (Lipinski definition) is 3. The highest BCUT2D eigenvalue weighted by Gasteiger charge is 2.54. The van der Waals surface area contributed by atoms with E-state index in [0.29, 0.717) is 18.8 Å². The van der Waals surface area contributed by atoms with Gasteiger partial charge in [0.15, 0.2) is 0 Å². The summed E-state index contributed by atoms with van der Waals surface area (Å²) >= 11 is 6.10. The van der Waals surface area contributed by atoms with E-state index >= 15 is 0 Å². The first-order valence-corrected chi connectivity index (χ1v) is 7.78. The fourth-order valence-corrected chi connectivity index (χ4v) is 3.76. The van der Waals surface area contributed by atoms with Crippen molar-refractivity contribution >= 4 is 17.5 Å². The van der Waals surface area contributed by atoms with Crippen molar-refractivity contribution in [2.45, 2.75) is 25.5 Å². The zero-order valence-corrected chi connectivity index (χ0v) is 13.3. The molecule has 0 radical (unpaired) electrons. The Morgan fingerprint density at radius 1 is 1.55 bits per heavy atom. The zero-order chi connectivity index (χ0) is 15.9. The van der Waals surface area contributed by atoms with Crippen molar-refractivity contribution < 1.29 is 18.7 Å². The smallest absolute Gasteiger partial charge is 0.256 e. The Kier molecular flexibility index (Phi) is 4.39. The fraction of sp³-hybridized carbons (Fsp3) is 0.562. The Balaban J connectivity index is 1.78. The van der Waals surface area contributed by atoms with E-state index in [1.807, 2.05) is 0 Å². The summed E-state index contributed by atoms with van der Waals surface area (Å²) in [6.07, 6.45) is 1.03. The predicted molar refractivity (Wildman–Crippen MR) is 80.6 cm³/mol. The number of carbonyl (C=O) groups is 1. The number of amides is 1. The van der Waals surface area contributed by atoms with Gasteiger partial charge >= 0.3 is 0 Å². The number of nitrogens with one attached hydrogen (secondary N) is 1. The number of rotatable bonds is 4. The van der Waals surface area contributed by atoms with E-state index in [2.05, 4.69) is 5.32 Å². The van der Waals surface area contributed by atoms with Crippen LogP contribution in [0.15, 0.2) is 12.1 Å². The monoisotopic (exact) mass is 327 g/mol. The average molecular weight is 328 g/mol. The van der Waals surface area contributed by atoms with Crippen molar-refractivity contribution in [2.24, 2.45) is 11.8 Å². The number of fused-ring (bicyclic) bond motifs is 1. The summed E-state index contributed by atoms with van der Waals surface area (Å²) in [4.78, 5) is 12.5. The first-order valence-electron chi connectivity index (χ1n) is 7.40. The lowest BCUT2D eigenvalue weighted by molar-refractivity contribution is -0.0809. The van der Waals surface area contributed by atoms with Crippen molar-refractivity contribution in [3.8, 4) is 0 Å². The van der Waals surface area contributed by atoms with Crippen molar-refractivity contribution in [3.05, 3.63) is 34.1 Å². The summed E-state index contributed by atoms with van der Waals surface area (Å²) in [5.74, 6) is -0.693. The molecule has 1 aromatic carbocycles. The van der Waals surface area contributed by atoms with Crippen LogP contribution in [0.2, 0.25) is 5.02 Å². The summed E-state index contributed by atoms with van der Waals surface area (Å²) in [5.41, 5.74) is 0.595. The number of ether oxygens (including phenoxy) is 2. The number of halogens is 2. The molecule has 0 unspecified atom stereocenters. The van der Waals surface area contributed by atoms with Crippen LogP contribution in [0.5, 0.6) is 0 Å². The quantitative estimate of drug-likeness (QED) is 0.924. The van der Waals surface area contributed by atoms with Crippen LogP contribution < -0.4 is 5.32 Å². The van der Waals surface area contributed by atoms with Gasteiger partial charge in [-0.2, -0.15) is 0 Å². The number of carbonyl (C=O) groups excluding carboxylic acids is 1. The molecule has 2 aliphatic rings. The Labute approximate surface area is 133 Å². The number of aryl methyl sites for hydroxylation is 1. The number of methoxy groups -OCH3 is 1. The molecule has 1 amide bonds. The maximum atomic E-state index is 14.0. The molecule has 0 bridgehead atoms. The Bertz CT molecular complexity index is 595. The molecular weight excluding hydrogens is 309 g/mol. The van der Waals surface area contributed by atoms with E-state index in [9.17, 15) is 9.18 Å². The molecule has 1 heterocycles. The van der Waals surface area contributed by atoms with E-state index < -0.39 is 11.7 Å². The standard InChI is InChI=1S/C16H19ClFNO3/c1-8-3-4-11(18)12(13(8)17)16(20)19-14-9-5-6-22-15(9)10(14)7-21-2/h3-4,9-10,14-15H,5-7H2,1-2H3,(H,19,20)/t9-,10+,14-,15-/m0/s1. The van der Waals surface area contributed by atoms with Crippen LogP contribution in [-0.4, -0.2) is 38.4 Å². The Hall–Kier alpha value is -1.17. The number of benzene rings is 1. The maximum absolute atomic E-state index is 14.0. The first kappa shape index (κ1) is 15.7. The topological polar surface area (TPSA) is 47.6 Å². The van der Waals surface area contributed by atoms with Gasteiger partial charge < -0.3 is 14.8 Å². The van der Waals surface area contributed by atoms with E-state index in [1.54, 1.807) is 20.1 Å². The van der Waals surface area contributed by atoms with Crippen LogP contribution in [0.4, 0.5) is 4.39 Å². The largest absolute Gasteiger partial charge is 0.384 e. The van der Waals surface area contributed by atoms with Crippen LogP contribution in [0.3, 0.4) is 0 Å². The van der Waals surface area contributed by atoms with E-state index in [4.69, 9.17) is 21.1 Å². The van der Waals surface area contributed by atoms with Crippen LogP contribution in [-0.2, 0) is 9.47 Å². The van der Waals surface area contributed by atoms with Crippen LogP contribution in [0, 0.1) is 24.6 Å². The van der Waals surface area contributed by atoms with Gasteiger partial charge in [0.05, 0.1) is 23.3 Å². The third-order valence-corrected chi connectivity index (χ3v) is 5.18. The van der Waals surface area contributed by atoms with Crippen LogP contribution >= 0.6 is 11.6 Å². The highest BCUT2D eigenvalue weighted by atomic mass is 35.5. The molecule has 6 heteroatoms. The third kappa shape index (κ3) is 2.51. The van der Waals surface area contributed by atoms with Crippen LogP contribution in [0.1, 0.15) is 22.3 Å². The van der Waals surface area contributed by atoms with Gasteiger partial charge in [0, 0.05) is 31.6 Å². The summed E-state index contributed by atoms with van der Waals surface area (Å²) < 4.78 is 24.8. The SMILES string of the molecule is COC[C@@H]1[C@@H](NC(=O)c2c(F)ccc(C)c2Cl)[C@@H]2CCO[C@H]12. The molecule has 4 nitrogen and oxygen atoms in total. The third-order valence-electron chi connectivity index (χ3n) is 4.70. The molecule has 0 spiro atoms. The molecule has 1 saturated heterocycles. The van der Waals surface area contributed by atoms with Gasteiger partial charge in [-0.25, -0.2) is 4.39 Å². The normalized spacial score (nSPS) is 29.8. The predicted octanol–water partition coefficient (Wildman–Crippen LogP) is 2.57. The second kappa shape index (κ2) is 6.14. The minimum absolute atomic E-state index is 0.0593. The second-order valence-corrected chi connectivity index (χ2v) is 6.34. The molecule has 0 aromatic heterocycles. The lowest BCUT2D eigenvalue weighted by Crippen LogP contribution is -2.62. The molecule has 1 N–H and O–H groups in total. The van der Waals surface area contributed by atoms with E-state index in [0.717, 1.165) is 6.42 Å². The molecular formula is C16H19ClFNO3. The van der Waals surface area contributed by atoms with Gasteiger partial charge in [0.1, 0.15) is 5.82 Å². The van der Waals surface area contributed by atoms with Crippen molar-refractivity contribution in [1.29, 1.82) is 0 Å². The van der Waals surface area contributed by atoms with Gasteiger partial charge in [-0.3, -0.25) is 4.79 Å². The highest BCUT2D eigenvalue weighted by Crippen LogP contribution is 2.44.